The van der Waals surface area contributed by atoms with E-state index in [0.717, 1.165) is 18.2 Å². The zero-order valence-electron chi connectivity index (χ0n) is 17.8. The van der Waals surface area contributed by atoms with E-state index in [2.05, 4.69) is 58.3 Å². The predicted octanol–water partition coefficient (Wildman–Crippen LogP) is 4.56. The second kappa shape index (κ2) is 13.2. The van der Waals surface area contributed by atoms with Gasteiger partial charge in [0.25, 0.3) is 0 Å². The SMILES string of the molecule is COc1cccc(CC(c2ccccc2)N2CCN(C3CCCC3)CC2)c1.Cl.Cl.O. The summed E-state index contributed by atoms with van der Waals surface area (Å²) in [5, 5.41) is 0. The molecule has 2 aromatic carbocycles. The van der Waals surface area contributed by atoms with Crippen LogP contribution in [0.4, 0.5) is 0 Å². The van der Waals surface area contributed by atoms with Crippen molar-refractivity contribution in [2.45, 2.75) is 44.2 Å². The minimum Gasteiger partial charge on any atom is -0.497 e. The third kappa shape index (κ3) is 6.60. The van der Waals surface area contributed by atoms with Crippen LogP contribution in [-0.2, 0) is 6.42 Å². The van der Waals surface area contributed by atoms with Crippen LogP contribution in [0.25, 0.3) is 0 Å². The highest BCUT2D eigenvalue weighted by molar-refractivity contribution is 5.85. The number of hydrogen-bond acceptors (Lipinski definition) is 3. The summed E-state index contributed by atoms with van der Waals surface area (Å²) in [7, 11) is 1.75. The summed E-state index contributed by atoms with van der Waals surface area (Å²) in [4.78, 5) is 5.44. The van der Waals surface area contributed by atoms with Crippen molar-refractivity contribution < 1.29 is 10.2 Å². The summed E-state index contributed by atoms with van der Waals surface area (Å²) in [5.41, 5.74) is 2.77. The molecule has 0 radical (unpaired) electrons. The summed E-state index contributed by atoms with van der Waals surface area (Å²) >= 11 is 0. The number of halogens is 2. The first-order valence-corrected chi connectivity index (χ1v) is 10.5. The second-order valence-corrected chi connectivity index (χ2v) is 7.99. The topological polar surface area (TPSA) is 47.2 Å². The van der Waals surface area contributed by atoms with Gasteiger partial charge >= 0.3 is 0 Å². The molecule has 1 saturated carbocycles. The molecule has 1 atom stereocenters. The lowest BCUT2D eigenvalue weighted by Gasteiger charge is -2.42. The highest BCUT2D eigenvalue weighted by Crippen LogP contribution is 2.30. The van der Waals surface area contributed by atoms with Crippen molar-refractivity contribution in [2.75, 3.05) is 33.3 Å². The van der Waals surface area contributed by atoms with E-state index in [4.69, 9.17) is 4.74 Å². The summed E-state index contributed by atoms with van der Waals surface area (Å²) < 4.78 is 5.44. The molecule has 4 nitrogen and oxygen atoms in total. The van der Waals surface area contributed by atoms with E-state index in [9.17, 15) is 0 Å². The van der Waals surface area contributed by atoms with E-state index in [1.54, 1.807) is 7.11 Å². The van der Waals surface area contributed by atoms with E-state index in [1.807, 2.05) is 6.07 Å². The Labute approximate surface area is 193 Å². The van der Waals surface area contributed by atoms with Gasteiger partial charge in [0, 0.05) is 38.3 Å². The van der Waals surface area contributed by atoms with Crippen molar-refractivity contribution in [1.82, 2.24) is 9.80 Å². The van der Waals surface area contributed by atoms with Crippen LogP contribution in [0.2, 0.25) is 0 Å². The van der Waals surface area contributed by atoms with E-state index < -0.39 is 0 Å². The van der Waals surface area contributed by atoms with Gasteiger partial charge < -0.3 is 10.2 Å². The van der Waals surface area contributed by atoms with Crippen molar-refractivity contribution in [2.24, 2.45) is 0 Å². The number of hydrogen-bond donors (Lipinski definition) is 0. The molecule has 1 aliphatic carbocycles. The van der Waals surface area contributed by atoms with Gasteiger partial charge in [-0.2, -0.15) is 0 Å². The normalized spacial score (nSPS) is 18.6. The van der Waals surface area contributed by atoms with Crippen LogP contribution in [0.5, 0.6) is 5.75 Å². The molecule has 2 N–H and O–H groups in total. The Morgan fingerprint density at radius 2 is 1.57 bits per heavy atom. The van der Waals surface area contributed by atoms with Crippen molar-refractivity contribution in [1.29, 1.82) is 0 Å². The number of ether oxygens (including phenoxy) is 1. The van der Waals surface area contributed by atoms with Gasteiger partial charge in [-0.25, -0.2) is 0 Å². The van der Waals surface area contributed by atoms with Gasteiger partial charge in [0.05, 0.1) is 7.11 Å². The van der Waals surface area contributed by atoms with Crippen LogP contribution >= 0.6 is 24.8 Å². The summed E-state index contributed by atoms with van der Waals surface area (Å²) in [5.74, 6) is 0.949. The van der Waals surface area contributed by atoms with Crippen LogP contribution in [0, 0.1) is 0 Å². The van der Waals surface area contributed by atoms with E-state index in [0.29, 0.717) is 6.04 Å². The molecule has 168 valence electrons. The second-order valence-electron chi connectivity index (χ2n) is 7.99. The number of nitrogens with zero attached hydrogens (tertiary/aromatic N) is 2. The average molecular weight is 455 g/mol. The molecule has 0 aromatic heterocycles. The molecule has 6 heteroatoms. The number of piperazine rings is 1. The number of methoxy groups -OCH3 is 1. The van der Waals surface area contributed by atoms with Gasteiger partial charge in [0.15, 0.2) is 0 Å². The minimum absolute atomic E-state index is 0. The van der Waals surface area contributed by atoms with Crippen molar-refractivity contribution in [3.63, 3.8) is 0 Å². The van der Waals surface area contributed by atoms with Gasteiger partial charge in [0.1, 0.15) is 5.75 Å². The zero-order chi connectivity index (χ0) is 18.5. The quantitative estimate of drug-likeness (QED) is 0.642. The smallest absolute Gasteiger partial charge is 0.119 e. The van der Waals surface area contributed by atoms with Crippen LogP contribution < -0.4 is 4.74 Å². The van der Waals surface area contributed by atoms with Crippen molar-refractivity contribution in [3.8, 4) is 5.75 Å². The first kappa shape index (κ1) is 26.7. The molecule has 1 saturated heterocycles. The third-order valence-corrected chi connectivity index (χ3v) is 6.38. The van der Waals surface area contributed by atoms with Crippen LogP contribution in [-0.4, -0.2) is 54.6 Å². The molecule has 1 aliphatic heterocycles. The van der Waals surface area contributed by atoms with Crippen LogP contribution in [0.15, 0.2) is 54.6 Å². The summed E-state index contributed by atoms with van der Waals surface area (Å²) in [6, 6.07) is 20.9. The molecule has 30 heavy (non-hydrogen) atoms. The maximum absolute atomic E-state index is 5.44. The fourth-order valence-corrected chi connectivity index (χ4v) is 4.84. The first-order chi connectivity index (χ1) is 13.3. The van der Waals surface area contributed by atoms with Crippen LogP contribution in [0.3, 0.4) is 0 Å². The Hall–Kier alpha value is -1.30. The summed E-state index contributed by atoms with van der Waals surface area (Å²) in [6.07, 6.45) is 6.70. The molecule has 0 spiro atoms. The number of rotatable bonds is 6. The molecular weight excluding hydrogens is 419 g/mol. The molecule has 2 aliphatic rings. The average Bonchev–Trinajstić information content (AvgIpc) is 3.28. The highest BCUT2D eigenvalue weighted by Gasteiger charge is 2.29. The highest BCUT2D eigenvalue weighted by atomic mass is 35.5. The number of benzene rings is 2. The van der Waals surface area contributed by atoms with E-state index >= 15 is 0 Å². The molecule has 1 heterocycles. The lowest BCUT2D eigenvalue weighted by atomic mass is 9.96. The first-order valence-electron chi connectivity index (χ1n) is 10.5. The van der Waals surface area contributed by atoms with Gasteiger partial charge in [-0.05, 0) is 42.5 Å². The fraction of sp³-hybridized carbons (Fsp3) is 0.500. The Bertz CT molecular complexity index is 718. The monoisotopic (exact) mass is 454 g/mol. The van der Waals surface area contributed by atoms with Crippen molar-refractivity contribution in [3.05, 3.63) is 65.7 Å². The molecular formula is C24H36Cl2N2O2. The largest absolute Gasteiger partial charge is 0.497 e. The fourth-order valence-electron chi connectivity index (χ4n) is 4.84. The minimum atomic E-state index is 0. The molecule has 1 unspecified atom stereocenters. The Kier molecular flexibility index (Phi) is 11.7. The Morgan fingerprint density at radius 3 is 2.20 bits per heavy atom. The van der Waals surface area contributed by atoms with Gasteiger partial charge in [-0.1, -0.05) is 55.3 Å². The summed E-state index contributed by atoms with van der Waals surface area (Å²) in [6.45, 7) is 4.76. The van der Waals surface area contributed by atoms with Crippen LogP contribution in [0.1, 0.15) is 42.9 Å². The zero-order valence-corrected chi connectivity index (χ0v) is 19.5. The van der Waals surface area contributed by atoms with Gasteiger partial charge in [-0.3, -0.25) is 9.80 Å². The molecule has 2 aromatic rings. The molecule has 4 rings (SSSR count). The predicted molar refractivity (Wildman–Crippen MR) is 129 cm³/mol. The Balaban J connectivity index is 0.00000150. The standard InChI is InChI=1S/C24H32N2O.2ClH.H2O/c1-27-23-13-7-8-20(18-23)19-24(21-9-3-2-4-10-21)26-16-14-25(15-17-26)22-11-5-6-12-22;;;/h2-4,7-10,13,18,22,24H,5-6,11-12,14-17,19H2,1H3;2*1H;1H2. The third-order valence-electron chi connectivity index (χ3n) is 6.38. The van der Waals surface area contributed by atoms with Crippen molar-refractivity contribution >= 4 is 24.8 Å². The Morgan fingerprint density at radius 1 is 0.900 bits per heavy atom. The maximum atomic E-state index is 5.44. The van der Waals surface area contributed by atoms with E-state index in [1.165, 1.54) is 63.0 Å². The lowest BCUT2D eigenvalue weighted by molar-refractivity contribution is 0.0698. The van der Waals surface area contributed by atoms with Gasteiger partial charge in [-0.15, -0.1) is 24.8 Å². The van der Waals surface area contributed by atoms with Gasteiger partial charge in [0.2, 0.25) is 0 Å². The molecule has 0 amide bonds. The maximum Gasteiger partial charge on any atom is 0.119 e. The molecule has 2 fully saturated rings. The lowest BCUT2D eigenvalue weighted by Crippen LogP contribution is -2.50. The molecule has 0 bridgehead atoms. The van der Waals surface area contributed by atoms with E-state index in [-0.39, 0.29) is 30.3 Å².